The van der Waals surface area contributed by atoms with Gasteiger partial charge in [-0.3, -0.25) is 4.90 Å². The van der Waals surface area contributed by atoms with Gasteiger partial charge in [-0.25, -0.2) is 4.79 Å². The molecule has 1 fully saturated rings. The molecule has 1 aliphatic heterocycles. The molecule has 23 heavy (non-hydrogen) atoms. The van der Waals surface area contributed by atoms with E-state index in [2.05, 4.69) is 15.5 Å². The maximum absolute atomic E-state index is 11.7. The normalized spacial score (nSPS) is 15.0. The zero-order chi connectivity index (χ0) is 16.3. The molecule has 0 aromatic heterocycles. The van der Waals surface area contributed by atoms with Crippen molar-refractivity contribution in [1.29, 1.82) is 0 Å². The number of ether oxygens (including phenoxy) is 3. The van der Waals surface area contributed by atoms with Gasteiger partial charge in [-0.2, -0.15) is 0 Å². The quantitative estimate of drug-likeness (QED) is 0.553. The van der Waals surface area contributed by atoms with Crippen molar-refractivity contribution in [2.45, 2.75) is 6.42 Å². The van der Waals surface area contributed by atoms with Gasteiger partial charge in [0.1, 0.15) is 0 Å². The van der Waals surface area contributed by atoms with Crippen LogP contribution in [0.5, 0.6) is 11.5 Å². The minimum Gasteiger partial charge on any atom is -0.493 e. The van der Waals surface area contributed by atoms with Crippen molar-refractivity contribution in [1.82, 2.24) is 15.5 Å². The van der Waals surface area contributed by atoms with Crippen LogP contribution in [0, 0.1) is 0 Å². The number of hydrogen-bond acceptors (Lipinski definition) is 5. The molecule has 1 aromatic rings. The Bertz CT molecular complexity index is 478. The van der Waals surface area contributed by atoms with Gasteiger partial charge in [-0.1, -0.05) is 12.1 Å². The Labute approximate surface area is 136 Å². The fraction of sp³-hybridized carbons (Fsp3) is 0.562. The summed E-state index contributed by atoms with van der Waals surface area (Å²) in [5, 5.41) is 5.48. The molecule has 1 heterocycles. The Morgan fingerprint density at radius 3 is 2.70 bits per heavy atom. The van der Waals surface area contributed by atoms with Gasteiger partial charge < -0.3 is 24.8 Å². The number of para-hydroxylation sites is 2. The summed E-state index contributed by atoms with van der Waals surface area (Å²) in [6.07, 6.45) is 0.917. The minimum atomic E-state index is -0.234. The molecule has 7 heteroatoms. The lowest BCUT2D eigenvalue weighted by Gasteiger charge is -2.26. The van der Waals surface area contributed by atoms with E-state index >= 15 is 0 Å². The number of carbonyl (C=O) groups excluding carboxylic acids is 1. The van der Waals surface area contributed by atoms with Crippen LogP contribution in [0.15, 0.2) is 24.3 Å². The molecule has 0 aliphatic carbocycles. The first-order valence-electron chi connectivity index (χ1n) is 7.87. The van der Waals surface area contributed by atoms with Crippen LogP contribution in [-0.2, 0) is 4.74 Å². The largest absolute Gasteiger partial charge is 0.493 e. The average Bonchev–Trinajstić information content (AvgIpc) is 2.60. The number of nitrogens with one attached hydrogen (secondary N) is 2. The highest BCUT2D eigenvalue weighted by Crippen LogP contribution is 2.25. The van der Waals surface area contributed by atoms with E-state index in [0.29, 0.717) is 18.0 Å². The van der Waals surface area contributed by atoms with E-state index in [0.717, 1.165) is 39.3 Å². The lowest BCUT2D eigenvalue weighted by molar-refractivity contribution is 0.0375. The Hall–Kier alpha value is -1.99. The maximum Gasteiger partial charge on any atom is 0.317 e. The number of morpholine rings is 1. The second-order valence-electron chi connectivity index (χ2n) is 5.18. The van der Waals surface area contributed by atoms with E-state index < -0.39 is 0 Å². The van der Waals surface area contributed by atoms with Gasteiger partial charge in [0.15, 0.2) is 18.2 Å². The molecule has 1 aromatic carbocycles. The van der Waals surface area contributed by atoms with Gasteiger partial charge in [0.05, 0.1) is 20.3 Å². The number of benzene rings is 1. The second kappa shape index (κ2) is 9.91. The number of nitrogens with zero attached hydrogens (tertiary/aromatic N) is 1. The van der Waals surface area contributed by atoms with E-state index in [1.807, 2.05) is 12.1 Å². The smallest absolute Gasteiger partial charge is 0.317 e. The molecule has 0 radical (unpaired) electrons. The molecule has 2 rings (SSSR count). The molecule has 128 valence electrons. The Morgan fingerprint density at radius 1 is 1.22 bits per heavy atom. The zero-order valence-electron chi connectivity index (χ0n) is 13.5. The van der Waals surface area contributed by atoms with Crippen molar-refractivity contribution in [2.75, 3.05) is 53.2 Å². The molecule has 2 N–H and O–H groups in total. The molecular weight excluding hydrogens is 298 g/mol. The van der Waals surface area contributed by atoms with Gasteiger partial charge in [0.2, 0.25) is 0 Å². The summed E-state index contributed by atoms with van der Waals surface area (Å²) in [7, 11) is 1.58. The van der Waals surface area contributed by atoms with Crippen LogP contribution < -0.4 is 20.1 Å². The predicted octanol–water partition coefficient (Wildman–Crippen LogP) is 1.05. The molecule has 0 unspecified atom stereocenters. The van der Waals surface area contributed by atoms with Crippen LogP contribution in [0.3, 0.4) is 0 Å². The van der Waals surface area contributed by atoms with Crippen LogP contribution in [0.4, 0.5) is 4.79 Å². The topological polar surface area (TPSA) is 72.1 Å². The van der Waals surface area contributed by atoms with E-state index in [-0.39, 0.29) is 12.8 Å². The van der Waals surface area contributed by atoms with Crippen molar-refractivity contribution in [3.05, 3.63) is 24.3 Å². The monoisotopic (exact) mass is 323 g/mol. The Balaban J connectivity index is 1.54. The third-order valence-electron chi connectivity index (χ3n) is 3.57. The third-order valence-corrected chi connectivity index (χ3v) is 3.57. The van der Waals surface area contributed by atoms with E-state index in [1.165, 1.54) is 0 Å². The van der Waals surface area contributed by atoms with Crippen LogP contribution in [0.2, 0.25) is 0 Å². The number of carbonyl (C=O) groups is 1. The van der Waals surface area contributed by atoms with Crippen molar-refractivity contribution in [3.8, 4) is 11.5 Å². The first-order chi connectivity index (χ1) is 11.3. The van der Waals surface area contributed by atoms with Crippen LogP contribution in [0.25, 0.3) is 0 Å². The van der Waals surface area contributed by atoms with Crippen molar-refractivity contribution >= 4 is 6.03 Å². The molecule has 0 atom stereocenters. The lowest BCUT2D eigenvalue weighted by Crippen LogP contribution is -2.40. The SMILES string of the molecule is COc1ccccc1OCNC(=O)NCCCN1CCOCC1. The standard InChI is InChI=1S/C16H25N3O4/c1-21-14-5-2-3-6-15(14)23-13-18-16(20)17-7-4-8-19-9-11-22-12-10-19/h2-3,5-6H,4,7-13H2,1H3,(H2,17,18,20). The van der Waals surface area contributed by atoms with Gasteiger partial charge in [0, 0.05) is 19.6 Å². The van der Waals surface area contributed by atoms with Gasteiger partial charge in [0.25, 0.3) is 0 Å². The Kier molecular flexibility index (Phi) is 7.48. The van der Waals surface area contributed by atoms with Gasteiger partial charge >= 0.3 is 6.03 Å². The fourth-order valence-corrected chi connectivity index (χ4v) is 2.31. The van der Waals surface area contributed by atoms with Gasteiger partial charge in [-0.15, -0.1) is 0 Å². The third kappa shape index (κ3) is 6.33. The summed E-state index contributed by atoms with van der Waals surface area (Å²) in [4.78, 5) is 14.0. The van der Waals surface area contributed by atoms with Crippen LogP contribution in [-0.4, -0.2) is 64.2 Å². The zero-order valence-corrected chi connectivity index (χ0v) is 13.5. The highest BCUT2D eigenvalue weighted by atomic mass is 16.5. The molecule has 0 bridgehead atoms. The summed E-state index contributed by atoms with van der Waals surface area (Å²) < 4.78 is 16.0. The van der Waals surface area contributed by atoms with Gasteiger partial charge in [-0.05, 0) is 25.1 Å². The number of amides is 2. The Morgan fingerprint density at radius 2 is 1.96 bits per heavy atom. The lowest BCUT2D eigenvalue weighted by atomic mass is 10.3. The summed E-state index contributed by atoms with van der Waals surface area (Å²) in [5.74, 6) is 1.24. The summed E-state index contributed by atoms with van der Waals surface area (Å²) >= 11 is 0. The highest BCUT2D eigenvalue weighted by molar-refractivity contribution is 5.73. The first-order valence-corrected chi connectivity index (χ1v) is 7.87. The first kappa shape index (κ1) is 17.4. The molecule has 0 spiro atoms. The highest BCUT2D eigenvalue weighted by Gasteiger charge is 2.09. The second-order valence-corrected chi connectivity index (χ2v) is 5.18. The molecule has 1 saturated heterocycles. The predicted molar refractivity (Wildman–Crippen MR) is 86.9 cm³/mol. The maximum atomic E-state index is 11.7. The summed E-state index contributed by atoms with van der Waals surface area (Å²) in [6.45, 7) is 5.25. The molecule has 2 amide bonds. The molecule has 0 saturated carbocycles. The molecule has 1 aliphatic rings. The molecular formula is C16H25N3O4. The summed E-state index contributed by atoms with van der Waals surface area (Å²) in [6, 6.07) is 7.08. The number of methoxy groups -OCH3 is 1. The van der Waals surface area contributed by atoms with Crippen LogP contribution in [0.1, 0.15) is 6.42 Å². The fourth-order valence-electron chi connectivity index (χ4n) is 2.31. The van der Waals surface area contributed by atoms with Crippen molar-refractivity contribution < 1.29 is 19.0 Å². The molecule has 7 nitrogen and oxygen atoms in total. The average molecular weight is 323 g/mol. The minimum absolute atomic E-state index is 0.0929. The van der Waals surface area contributed by atoms with Crippen LogP contribution >= 0.6 is 0 Å². The number of rotatable bonds is 8. The van der Waals surface area contributed by atoms with E-state index in [4.69, 9.17) is 14.2 Å². The van der Waals surface area contributed by atoms with E-state index in [1.54, 1.807) is 19.2 Å². The van der Waals surface area contributed by atoms with Crippen molar-refractivity contribution in [3.63, 3.8) is 0 Å². The number of urea groups is 1. The number of hydrogen-bond donors (Lipinski definition) is 2. The van der Waals surface area contributed by atoms with E-state index in [9.17, 15) is 4.79 Å². The van der Waals surface area contributed by atoms with Crippen molar-refractivity contribution in [2.24, 2.45) is 0 Å². The summed E-state index contributed by atoms with van der Waals surface area (Å²) in [5.41, 5.74) is 0.